The Morgan fingerprint density at radius 2 is 1.16 bits per heavy atom. The van der Waals surface area contributed by atoms with Crippen molar-refractivity contribution in [3.05, 3.63) is 95.1 Å². The number of nitrogen functional groups attached to an aromatic ring is 1. The smallest absolute Gasteiger partial charge is 0.238 e. The van der Waals surface area contributed by atoms with E-state index >= 15 is 0 Å². The number of benzene rings is 3. The summed E-state index contributed by atoms with van der Waals surface area (Å²) in [5.41, 5.74) is 10.3. The molecule has 0 radical (unpaired) electrons. The van der Waals surface area contributed by atoms with Crippen molar-refractivity contribution in [1.82, 2.24) is 0 Å². The van der Waals surface area contributed by atoms with Gasteiger partial charge >= 0.3 is 0 Å². The van der Waals surface area contributed by atoms with Crippen LogP contribution in [0.25, 0.3) is 0 Å². The number of sulfonamides is 1. The maximum absolute atomic E-state index is 12.1. The Morgan fingerprint density at radius 3 is 1.64 bits per heavy atom. The Hall–Kier alpha value is -2.63. The molecule has 3 aromatic carbocycles. The van der Waals surface area contributed by atoms with E-state index in [2.05, 4.69) is 0 Å². The maximum atomic E-state index is 12.1. The summed E-state index contributed by atoms with van der Waals surface area (Å²) in [7, 11) is -3.84. The lowest BCUT2D eigenvalue weighted by Gasteiger charge is -2.17. The van der Waals surface area contributed by atoms with Crippen LogP contribution in [0, 0.1) is 0 Å². The van der Waals surface area contributed by atoms with Crippen molar-refractivity contribution < 1.29 is 8.42 Å². The molecule has 128 valence electrons. The lowest BCUT2D eigenvalue weighted by Crippen LogP contribution is -2.17. The summed E-state index contributed by atoms with van der Waals surface area (Å²) < 4.78 is 24.2. The van der Waals surface area contributed by atoms with Crippen LogP contribution in [0.3, 0.4) is 0 Å². The van der Waals surface area contributed by atoms with E-state index in [1.54, 1.807) is 6.07 Å². The molecular weight excluding hydrogens is 332 g/mol. The zero-order valence-corrected chi connectivity index (χ0v) is 14.5. The summed E-state index contributed by atoms with van der Waals surface area (Å²) in [6, 6.07) is 22.6. The molecule has 4 N–H and O–H groups in total. The minimum Gasteiger partial charge on any atom is -0.398 e. The van der Waals surface area contributed by atoms with Crippen LogP contribution in [0.1, 0.15) is 22.3 Å². The Kier molecular flexibility index (Phi) is 4.88. The Balaban J connectivity index is 2.15. The molecule has 0 aliphatic heterocycles. The van der Waals surface area contributed by atoms with Crippen LogP contribution in [0.5, 0.6) is 0 Å². The number of primary sulfonamides is 1. The van der Waals surface area contributed by atoms with Crippen LogP contribution >= 0.6 is 0 Å². The molecule has 0 saturated carbocycles. The molecule has 0 bridgehead atoms. The van der Waals surface area contributed by atoms with E-state index < -0.39 is 10.0 Å². The molecule has 0 unspecified atom stereocenters. The number of nitrogens with two attached hydrogens (primary N) is 2. The van der Waals surface area contributed by atoms with Gasteiger partial charge in [-0.15, -0.1) is 0 Å². The fourth-order valence-electron chi connectivity index (χ4n) is 2.96. The number of rotatable bonds is 5. The van der Waals surface area contributed by atoms with Gasteiger partial charge in [-0.3, -0.25) is 0 Å². The average Bonchev–Trinajstić information content (AvgIpc) is 2.59. The molecule has 0 heterocycles. The number of hydrogen-bond donors (Lipinski definition) is 2. The van der Waals surface area contributed by atoms with E-state index in [0.29, 0.717) is 24.1 Å². The number of hydrogen-bond acceptors (Lipinski definition) is 3. The van der Waals surface area contributed by atoms with Gasteiger partial charge in [0.25, 0.3) is 0 Å². The van der Waals surface area contributed by atoms with Gasteiger partial charge in [0.2, 0.25) is 10.0 Å². The molecule has 0 saturated heterocycles. The highest BCUT2D eigenvalue weighted by molar-refractivity contribution is 7.89. The highest BCUT2D eigenvalue weighted by Crippen LogP contribution is 2.29. The molecule has 25 heavy (non-hydrogen) atoms. The first kappa shape index (κ1) is 17.2. The van der Waals surface area contributed by atoms with E-state index in [-0.39, 0.29) is 4.90 Å². The van der Waals surface area contributed by atoms with Gasteiger partial charge < -0.3 is 5.73 Å². The molecule has 0 aliphatic rings. The zero-order chi connectivity index (χ0) is 17.9. The van der Waals surface area contributed by atoms with E-state index in [9.17, 15) is 8.42 Å². The van der Waals surface area contributed by atoms with Gasteiger partial charge in [0, 0.05) is 5.69 Å². The van der Waals surface area contributed by atoms with Crippen molar-refractivity contribution in [2.45, 2.75) is 17.7 Å². The highest BCUT2D eigenvalue weighted by Gasteiger charge is 2.19. The first-order chi connectivity index (χ1) is 11.9. The Morgan fingerprint density at radius 1 is 0.680 bits per heavy atom. The predicted octanol–water partition coefficient (Wildman–Crippen LogP) is 3.10. The molecule has 0 aromatic heterocycles. The second kappa shape index (κ2) is 7.09. The highest BCUT2D eigenvalue weighted by atomic mass is 32.2. The van der Waals surface area contributed by atoms with Crippen molar-refractivity contribution in [1.29, 1.82) is 0 Å². The summed E-state index contributed by atoms with van der Waals surface area (Å²) in [5, 5.41) is 5.45. The van der Waals surface area contributed by atoms with Crippen LogP contribution in [0.15, 0.2) is 77.7 Å². The minimum atomic E-state index is -3.84. The summed E-state index contributed by atoms with van der Waals surface area (Å²) in [4.78, 5) is 0.136. The second-order valence-electron chi connectivity index (χ2n) is 5.98. The van der Waals surface area contributed by atoms with Gasteiger partial charge in [-0.2, -0.15) is 0 Å². The third kappa shape index (κ3) is 4.07. The maximum Gasteiger partial charge on any atom is 0.238 e. The SMILES string of the molecule is Nc1ccc(S(N)(=O)=O)c(Cc2ccccc2)c1Cc1ccccc1. The van der Waals surface area contributed by atoms with Crippen LogP contribution < -0.4 is 10.9 Å². The third-order valence-electron chi connectivity index (χ3n) is 4.18. The van der Waals surface area contributed by atoms with Gasteiger partial charge in [-0.05, 0) is 47.2 Å². The Bertz CT molecular complexity index is 969. The lowest BCUT2D eigenvalue weighted by atomic mass is 9.94. The van der Waals surface area contributed by atoms with E-state index in [0.717, 1.165) is 16.7 Å². The molecule has 3 rings (SSSR count). The molecule has 4 nitrogen and oxygen atoms in total. The van der Waals surface area contributed by atoms with Crippen molar-refractivity contribution >= 4 is 15.7 Å². The molecular formula is C20H20N2O2S. The fraction of sp³-hybridized carbons (Fsp3) is 0.100. The first-order valence-electron chi connectivity index (χ1n) is 7.96. The third-order valence-corrected chi connectivity index (χ3v) is 5.17. The summed E-state index contributed by atoms with van der Waals surface area (Å²) in [6.45, 7) is 0. The van der Waals surface area contributed by atoms with Gasteiger partial charge in [0.15, 0.2) is 0 Å². The Labute approximate surface area is 148 Å². The van der Waals surface area contributed by atoms with E-state index in [1.165, 1.54) is 6.07 Å². The molecule has 0 spiro atoms. The molecule has 3 aromatic rings. The monoisotopic (exact) mass is 352 g/mol. The molecule has 0 fully saturated rings. The van der Waals surface area contributed by atoms with Gasteiger partial charge in [-0.25, -0.2) is 13.6 Å². The van der Waals surface area contributed by atoms with E-state index in [4.69, 9.17) is 10.9 Å². The molecule has 0 atom stereocenters. The predicted molar refractivity (Wildman–Crippen MR) is 101 cm³/mol. The summed E-state index contributed by atoms with van der Waals surface area (Å²) >= 11 is 0. The zero-order valence-electron chi connectivity index (χ0n) is 13.7. The van der Waals surface area contributed by atoms with Crippen molar-refractivity contribution in [3.8, 4) is 0 Å². The van der Waals surface area contributed by atoms with Crippen molar-refractivity contribution in [2.75, 3.05) is 5.73 Å². The second-order valence-corrected chi connectivity index (χ2v) is 7.51. The standard InChI is InChI=1S/C20H20N2O2S/c21-19-11-12-20(25(22,23)24)18(14-16-9-5-2-6-10-16)17(19)13-15-7-3-1-4-8-15/h1-12H,13-14,21H2,(H2,22,23,24). The first-order valence-corrected chi connectivity index (χ1v) is 9.50. The van der Waals surface area contributed by atoms with Crippen molar-refractivity contribution in [2.24, 2.45) is 5.14 Å². The number of anilines is 1. The van der Waals surface area contributed by atoms with Gasteiger partial charge in [0.05, 0.1) is 4.90 Å². The van der Waals surface area contributed by atoms with Crippen molar-refractivity contribution in [3.63, 3.8) is 0 Å². The van der Waals surface area contributed by atoms with Crippen LogP contribution in [0.2, 0.25) is 0 Å². The van der Waals surface area contributed by atoms with Crippen LogP contribution in [0.4, 0.5) is 5.69 Å². The fourth-order valence-corrected chi connectivity index (χ4v) is 3.76. The summed E-state index contributed by atoms with van der Waals surface area (Å²) in [6.07, 6.45) is 1.01. The van der Waals surface area contributed by atoms with Crippen LogP contribution in [-0.2, 0) is 22.9 Å². The van der Waals surface area contributed by atoms with E-state index in [1.807, 2.05) is 60.7 Å². The average molecular weight is 352 g/mol. The van der Waals surface area contributed by atoms with Gasteiger partial charge in [0.1, 0.15) is 0 Å². The lowest BCUT2D eigenvalue weighted by molar-refractivity contribution is 0.596. The normalized spacial score (nSPS) is 11.4. The molecule has 5 heteroatoms. The topological polar surface area (TPSA) is 86.2 Å². The largest absolute Gasteiger partial charge is 0.398 e. The molecule has 0 aliphatic carbocycles. The quantitative estimate of drug-likeness (QED) is 0.692. The molecule has 0 amide bonds. The van der Waals surface area contributed by atoms with Crippen LogP contribution in [-0.4, -0.2) is 8.42 Å². The van der Waals surface area contributed by atoms with Gasteiger partial charge in [-0.1, -0.05) is 60.7 Å². The minimum absolute atomic E-state index is 0.136. The summed E-state index contributed by atoms with van der Waals surface area (Å²) in [5.74, 6) is 0.